The first kappa shape index (κ1) is 11.9. The van der Waals surface area contributed by atoms with Crippen LogP contribution in [0.4, 0.5) is 4.39 Å². The lowest BCUT2D eigenvalue weighted by atomic mass is 9.82. The summed E-state index contributed by atoms with van der Waals surface area (Å²) in [5, 5.41) is 9.79. The molecule has 0 radical (unpaired) electrons. The molecule has 2 rings (SSSR count). The van der Waals surface area contributed by atoms with Crippen molar-refractivity contribution in [3.8, 4) is 0 Å². The zero-order chi connectivity index (χ0) is 11.8. The minimum atomic E-state index is -0.360. The number of benzene rings is 1. The van der Waals surface area contributed by atoms with Crippen LogP contribution in [0.3, 0.4) is 0 Å². The Hall–Kier alpha value is -0.600. The molecule has 2 unspecified atom stereocenters. The standard InChI is InChI=1S/C13H16ClFO/c1-13(6-5-10(16)8-13)7-9-3-2-4-11(15)12(9)14/h2-4,10,16H,5-8H2,1H3. The predicted molar refractivity (Wildman–Crippen MR) is 63.1 cm³/mol. The van der Waals surface area contributed by atoms with Gasteiger partial charge in [-0.2, -0.15) is 0 Å². The van der Waals surface area contributed by atoms with Crippen molar-refractivity contribution in [2.45, 2.75) is 38.7 Å². The quantitative estimate of drug-likeness (QED) is 0.841. The summed E-state index contributed by atoms with van der Waals surface area (Å²) in [7, 11) is 0. The normalized spacial score (nSPS) is 29.6. The zero-order valence-electron chi connectivity index (χ0n) is 9.34. The Morgan fingerprint density at radius 3 is 2.94 bits per heavy atom. The Kier molecular flexibility index (Phi) is 3.22. The fourth-order valence-electron chi connectivity index (χ4n) is 2.59. The second kappa shape index (κ2) is 4.34. The summed E-state index contributed by atoms with van der Waals surface area (Å²) in [4.78, 5) is 0. The van der Waals surface area contributed by atoms with Gasteiger partial charge in [-0.05, 0) is 42.7 Å². The predicted octanol–water partition coefficient (Wildman–Crippen LogP) is 3.57. The van der Waals surface area contributed by atoms with Crippen LogP contribution in [0.25, 0.3) is 0 Å². The molecule has 1 saturated carbocycles. The van der Waals surface area contributed by atoms with Crippen molar-refractivity contribution in [3.63, 3.8) is 0 Å². The summed E-state index contributed by atoms with van der Waals surface area (Å²) in [6.45, 7) is 2.13. The first-order valence-electron chi connectivity index (χ1n) is 5.61. The molecule has 1 aliphatic carbocycles. The van der Waals surface area contributed by atoms with E-state index in [2.05, 4.69) is 6.92 Å². The Balaban J connectivity index is 2.18. The number of halogens is 2. The van der Waals surface area contributed by atoms with E-state index in [1.165, 1.54) is 6.07 Å². The number of hydrogen-bond acceptors (Lipinski definition) is 1. The van der Waals surface area contributed by atoms with Gasteiger partial charge in [0.1, 0.15) is 5.82 Å². The van der Waals surface area contributed by atoms with Crippen LogP contribution in [0.1, 0.15) is 31.7 Å². The van der Waals surface area contributed by atoms with Crippen molar-refractivity contribution in [1.29, 1.82) is 0 Å². The van der Waals surface area contributed by atoms with Gasteiger partial charge in [-0.3, -0.25) is 0 Å². The topological polar surface area (TPSA) is 20.2 Å². The van der Waals surface area contributed by atoms with Gasteiger partial charge < -0.3 is 5.11 Å². The highest BCUT2D eigenvalue weighted by atomic mass is 35.5. The van der Waals surface area contributed by atoms with Crippen LogP contribution in [0.15, 0.2) is 18.2 Å². The molecule has 88 valence electrons. The second-order valence-corrected chi connectivity index (χ2v) is 5.47. The molecule has 0 aromatic heterocycles. The molecule has 2 atom stereocenters. The molecule has 3 heteroatoms. The molecular formula is C13H16ClFO. The van der Waals surface area contributed by atoms with Crippen molar-refractivity contribution in [2.24, 2.45) is 5.41 Å². The lowest BCUT2D eigenvalue weighted by molar-refractivity contribution is 0.163. The van der Waals surface area contributed by atoms with Crippen LogP contribution in [0, 0.1) is 11.2 Å². The SMILES string of the molecule is CC1(Cc2cccc(F)c2Cl)CCC(O)C1. The van der Waals surface area contributed by atoms with Crippen LogP contribution in [0.5, 0.6) is 0 Å². The van der Waals surface area contributed by atoms with E-state index in [4.69, 9.17) is 11.6 Å². The molecule has 1 fully saturated rings. The monoisotopic (exact) mass is 242 g/mol. The fourth-order valence-corrected chi connectivity index (χ4v) is 2.79. The van der Waals surface area contributed by atoms with Gasteiger partial charge >= 0.3 is 0 Å². The number of aliphatic hydroxyl groups excluding tert-OH is 1. The van der Waals surface area contributed by atoms with Gasteiger partial charge in [-0.25, -0.2) is 4.39 Å². The third kappa shape index (κ3) is 2.38. The molecule has 1 N–H and O–H groups in total. The van der Waals surface area contributed by atoms with E-state index >= 15 is 0 Å². The van der Waals surface area contributed by atoms with Crippen molar-refractivity contribution in [2.75, 3.05) is 0 Å². The first-order chi connectivity index (χ1) is 7.50. The molecule has 0 saturated heterocycles. The minimum Gasteiger partial charge on any atom is -0.393 e. The Morgan fingerprint density at radius 1 is 1.56 bits per heavy atom. The maximum absolute atomic E-state index is 13.3. The zero-order valence-corrected chi connectivity index (χ0v) is 10.1. The highest BCUT2D eigenvalue weighted by Crippen LogP contribution is 2.41. The summed E-state index contributed by atoms with van der Waals surface area (Å²) in [5.74, 6) is -0.360. The molecular weight excluding hydrogens is 227 g/mol. The minimum absolute atomic E-state index is 0.0524. The molecule has 1 nitrogen and oxygen atoms in total. The van der Waals surface area contributed by atoms with Crippen molar-refractivity contribution >= 4 is 11.6 Å². The number of hydrogen-bond donors (Lipinski definition) is 1. The summed E-state index contributed by atoms with van der Waals surface area (Å²) < 4.78 is 13.3. The van der Waals surface area contributed by atoms with Crippen LogP contribution < -0.4 is 0 Å². The van der Waals surface area contributed by atoms with Gasteiger partial charge in [0.2, 0.25) is 0 Å². The highest BCUT2D eigenvalue weighted by molar-refractivity contribution is 6.31. The highest BCUT2D eigenvalue weighted by Gasteiger charge is 2.34. The average molecular weight is 243 g/mol. The number of aliphatic hydroxyl groups is 1. The van der Waals surface area contributed by atoms with E-state index in [-0.39, 0.29) is 22.4 Å². The molecule has 0 spiro atoms. The van der Waals surface area contributed by atoms with E-state index in [1.54, 1.807) is 6.07 Å². The van der Waals surface area contributed by atoms with Gasteiger partial charge in [0.15, 0.2) is 0 Å². The average Bonchev–Trinajstić information content (AvgIpc) is 2.54. The summed E-state index contributed by atoms with van der Waals surface area (Å²) >= 11 is 5.93. The molecule has 0 amide bonds. The third-order valence-electron chi connectivity index (χ3n) is 3.46. The van der Waals surface area contributed by atoms with Crippen molar-refractivity contribution < 1.29 is 9.50 Å². The van der Waals surface area contributed by atoms with E-state index in [0.717, 1.165) is 31.2 Å². The van der Waals surface area contributed by atoms with Crippen LogP contribution in [-0.2, 0) is 6.42 Å². The number of rotatable bonds is 2. The molecule has 1 aliphatic rings. The Labute approximate surface area is 100 Å². The van der Waals surface area contributed by atoms with Gasteiger partial charge in [-0.1, -0.05) is 30.7 Å². The van der Waals surface area contributed by atoms with Crippen LogP contribution in [0.2, 0.25) is 5.02 Å². The Morgan fingerprint density at radius 2 is 2.31 bits per heavy atom. The first-order valence-corrected chi connectivity index (χ1v) is 5.99. The van der Waals surface area contributed by atoms with Gasteiger partial charge in [0, 0.05) is 0 Å². The molecule has 16 heavy (non-hydrogen) atoms. The van der Waals surface area contributed by atoms with Gasteiger partial charge in [-0.15, -0.1) is 0 Å². The van der Waals surface area contributed by atoms with Crippen molar-refractivity contribution in [1.82, 2.24) is 0 Å². The molecule has 1 aromatic carbocycles. The third-order valence-corrected chi connectivity index (χ3v) is 3.88. The summed E-state index contributed by atoms with van der Waals surface area (Å²) in [6, 6.07) is 4.92. The van der Waals surface area contributed by atoms with Crippen molar-refractivity contribution in [3.05, 3.63) is 34.6 Å². The summed E-state index contributed by atoms with van der Waals surface area (Å²) in [5.41, 5.74) is 0.898. The van der Waals surface area contributed by atoms with E-state index in [1.807, 2.05) is 6.07 Å². The Bertz CT molecular complexity index is 394. The molecule has 0 heterocycles. The fraction of sp³-hybridized carbons (Fsp3) is 0.538. The van der Waals surface area contributed by atoms with Gasteiger partial charge in [0.05, 0.1) is 11.1 Å². The maximum atomic E-state index is 13.3. The molecule has 0 aliphatic heterocycles. The molecule has 1 aromatic rings. The maximum Gasteiger partial charge on any atom is 0.142 e. The lowest BCUT2D eigenvalue weighted by Crippen LogP contribution is -2.17. The van der Waals surface area contributed by atoms with Crippen LogP contribution in [-0.4, -0.2) is 11.2 Å². The van der Waals surface area contributed by atoms with E-state index in [0.29, 0.717) is 0 Å². The van der Waals surface area contributed by atoms with Crippen LogP contribution >= 0.6 is 11.6 Å². The smallest absolute Gasteiger partial charge is 0.142 e. The lowest BCUT2D eigenvalue weighted by Gasteiger charge is -2.24. The largest absolute Gasteiger partial charge is 0.393 e. The molecule has 0 bridgehead atoms. The van der Waals surface area contributed by atoms with E-state index < -0.39 is 0 Å². The second-order valence-electron chi connectivity index (χ2n) is 5.10. The summed E-state index contributed by atoms with van der Waals surface area (Å²) in [6.07, 6.45) is 3.11. The van der Waals surface area contributed by atoms with Gasteiger partial charge in [0.25, 0.3) is 0 Å². The van der Waals surface area contributed by atoms with E-state index in [9.17, 15) is 9.50 Å².